The molecule has 4 nitrogen and oxygen atoms in total. The maximum atomic E-state index is 4.30. The van der Waals surface area contributed by atoms with Crippen LogP contribution in [-0.4, -0.2) is 40.5 Å². The van der Waals surface area contributed by atoms with E-state index in [0.29, 0.717) is 12.0 Å². The molecular weight excluding hydrogens is 212 g/mol. The van der Waals surface area contributed by atoms with Crippen LogP contribution in [0.15, 0.2) is 18.6 Å². The number of nitrogens with zero attached hydrogens (tertiary/aromatic N) is 3. The van der Waals surface area contributed by atoms with Crippen molar-refractivity contribution >= 4 is 0 Å². The lowest BCUT2D eigenvalue weighted by Crippen LogP contribution is -2.42. The van der Waals surface area contributed by atoms with Gasteiger partial charge in [-0.1, -0.05) is 6.92 Å². The molecule has 1 aromatic heterocycles. The molecule has 2 atom stereocenters. The van der Waals surface area contributed by atoms with Crippen LogP contribution >= 0.6 is 0 Å². The van der Waals surface area contributed by atoms with E-state index in [0.717, 1.165) is 31.9 Å². The Bertz CT molecular complexity index is 327. The first-order valence-corrected chi connectivity index (χ1v) is 6.44. The van der Waals surface area contributed by atoms with E-state index < -0.39 is 0 Å². The Morgan fingerprint density at radius 3 is 3.12 bits per heavy atom. The zero-order chi connectivity index (χ0) is 12.1. The lowest BCUT2D eigenvalue weighted by molar-refractivity contribution is 0.193. The van der Waals surface area contributed by atoms with Crippen LogP contribution in [0.5, 0.6) is 0 Å². The molecule has 0 amide bonds. The quantitative estimate of drug-likeness (QED) is 0.837. The molecule has 1 saturated heterocycles. The molecule has 0 aromatic carbocycles. The number of nitrogens with one attached hydrogen (secondary N) is 1. The highest BCUT2D eigenvalue weighted by Gasteiger charge is 2.16. The van der Waals surface area contributed by atoms with E-state index in [1.54, 1.807) is 6.33 Å². The van der Waals surface area contributed by atoms with Crippen molar-refractivity contribution in [3.05, 3.63) is 24.3 Å². The van der Waals surface area contributed by atoms with Crippen LogP contribution in [0.4, 0.5) is 0 Å². The second-order valence-corrected chi connectivity index (χ2v) is 5.14. The summed E-state index contributed by atoms with van der Waals surface area (Å²) < 4.78 is 0. The fraction of sp³-hybridized carbons (Fsp3) is 0.692. The van der Waals surface area contributed by atoms with Crippen molar-refractivity contribution in [1.29, 1.82) is 0 Å². The van der Waals surface area contributed by atoms with Crippen molar-refractivity contribution in [2.75, 3.05) is 19.6 Å². The summed E-state index contributed by atoms with van der Waals surface area (Å²) >= 11 is 0. The van der Waals surface area contributed by atoms with Gasteiger partial charge >= 0.3 is 0 Å². The molecule has 1 fully saturated rings. The topological polar surface area (TPSA) is 41.0 Å². The highest BCUT2D eigenvalue weighted by molar-refractivity contribution is 4.97. The molecule has 0 radical (unpaired) electrons. The molecule has 2 rings (SSSR count). The van der Waals surface area contributed by atoms with Gasteiger partial charge in [-0.05, 0) is 31.9 Å². The van der Waals surface area contributed by atoms with Crippen LogP contribution < -0.4 is 5.32 Å². The molecular formula is C13H22N4. The Balaban J connectivity index is 1.94. The van der Waals surface area contributed by atoms with Crippen molar-refractivity contribution in [3.63, 3.8) is 0 Å². The lowest BCUT2D eigenvalue weighted by atomic mass is 10.1. The summed E-state index contributed by atoms with van der Waals surface area (Å²) in [4.78, 5) is 10.8. The van der Waals surface area contributed by atoms with Crippen LogP contribution in [0.1, 0.15) is 26.0 Å². The first-order chi connectivity index (χ1) is 8.24. The van der Waals surface area contributed by atoms with Crippen LogP contribution in [0.2, 0.25) is 0 Å². The minimum absolute atomic E-state index is 0.616. The van der Waals surface area contributed by atoms with Gasteiger partial charge in [0.1, 0.15) is 6.33 Å². The van der Waals surface area contributed by atoms with Gasteiger partial charge in [-0.2, -0.15) is 0 Å². The highest BCUT2D eigenvalue weighted by atomic mass is 15.1. The average Bonchev–Trinajstić information content (AvgIpc) is 2.33. The van der Waals surface area contributed by atoms with Gasteiger partial charge in [0.15, 0.2) is 0 Å². The standard InChI is InChI=1S/C13H22N4/c1-11-7-15-12(2)4-6-17(8-11)9-13-3-5-14-10-16-13/h3,5,10-12,15H,4,6-9H2,1-2H3. The maximum absolute atomic E-state index is 4.30. The normalized spacial score (nSPS) is 27.4. The predicted octanol–water partition coefficient (Wildman–Crippen LogP) is 1.30. The molecule has 1 N–H and O–H groups in total. The van der Waals surface area contributed by atoms with Crippen LogP contribution in [0.3, 0.4) is 0 Å². The van der Waals surface area contributed by atoms with Crippen LogP contribution in [0, 0.1) is 5.92 Å². The van der Waals surface area contributed by atoms with Gasteiger partial charge in [0.25, 0.3) is 0 Å². The van der Waals surface area contributed by atoms with Gasteiger partial charge in [0, 0.05) is 31.9 Å². The SMILES string of the molecule is CC1CNC(C)CCN(Cc2ccncn2)C1. The minimum Gasteiger partial charge on any atom is -0.314 e. The van der Waals surface area contributed by atoms with Crippen molar-refractivity contribution in [3.8, 4) is 0 Å². The Kier molecular flexibility index (Phi) is 4.45. The summed E-state index contributed by atoms with van der Waals surface area (Å²) in [7, 11) is 0. The third-order valence-corrected chi connectivity index (χ3v) is 3.29. The average molecular weight is 234 g/mol. The summed E-state index contributed by atoms with van der Waals surface area (Å²) in [6.45, 7) is 8.91. The Morgan fingerprint density at radius 1 is 1.47 bits per heavy atom. The molecule has 1 aliphatic rings. The van der Waals surface area contributed by atoms with Crippen molar-refractivity contribution in [2.45, 2.75) is 32.9 Å². The summed E-state index contributed by atoms with van der Waals surface area (Å²) in [5.74, 6) is 0.694. The van der Waals surface area contributed by atoms with Crippen molar-refractivity contribution in [2.24, 2.45) is 5.92 Å². The molecule has 0 aliphatic carbocycles. The second-order valence-electron chi connectivity index (χ2n) is 5.14. The first kappa shape index (κ1) is 12.5. The van der Waals surface area contributed by atoms with Crippen molar-refractivity contribution in [1.82, 2.24) is 20.2 Å². The molecule has 17 heavy (non-hydrogen) atoms. The Morgan fingerprint density at radius 2 is 2.35 bits per heavy atom. The van der Waals surface area contributed by atoms with Crippen molar-refractivity contribution < 1.29 is 0 Å². The molecule has 1 aliphatic heterocycles. The van der Waals surface area contributed by atoms with E-state index in [1.165, 1.54) is 6.42 Å². The van der Waals surface area contributed by atoms with E-state index in [2.05, 4.69) is 34.0 Å². The molecule has 0 spiro atoms. The third kappa shape index (κ3) is 4.06. The maximum Gasteiger partial charge on any atom is 0.115 e. The van der Waals surface area contributed by atoms with E-state index >= 15 is 0 Å². The summed E-state index contributed by atoms with van der Waals surface area (Å²) in [5.41, 5.74) is 1.12. The molecule has 2 unspecified atom stereocenters. The van der Waals surface area contributed by atoms with Gasteiger partial charge in [0.05, 0.1) is 5.69 Å². The van der Waals surface area contributed by atoms with Gasteiger partial charge in [-0.15, -0.1) is 0 Å². The zero-order valence-corrected chi connectivity index (χ0v) is 10.8. The van der Waals surface area contributed by atoms with Gasteiger partial charge in [-0.3, -0.25) is 4.90 Å². The molecule has 0 bridgehead atoms. The van der Waals surface area contributed by atoms with Crippen LogP contribution in [-0.2, 0) is 6.54 Å². The molecule has 0 saturated carbocycles. The fourth-order valence-electron chi connectivity index (χ4n) is 2.26. The predicted molar refractivity (Wildman–Crippen MR) is 68.6 cm³/mol. The monoisotopic (exact) mass is 234 g/mol. The minimum atomic E-state index is 0.616. The van der Waals surface area contributed by atoms with E-state index in [1.807, 2.05) is 12.3 Å². The number of rotatable bonds is 2. The Hall–Kier alpha value is -1.00. The van der Waals surface area contributed by atoms with Gasteiger partial charge < -0.3 is 5.32 Å². The molecule has 1 aromatic rings. The smallest absolute Gasteiger partial charge is 0.115 e. The van der Waals surface area contributed by atoms with Gasteiger partial charge in [-0.25, -0.2) is 9.97 Å². The number of aromatic nitrogens is 2. The highest BCUT2D eigenvalue weighted by Crippen LogP contribution is 2.09. The van der Waals surface area contributed by atoms with E-state index in [4.69, 9.17) is 0 Å². The fourth-order valence-corrected chi connectivity index (χ4v) is 2.26. The second kappa shape index (κ2) is 6.07. The first-order valence-electron chi connectivity index (χ1n) is 6.44. The lowest BCUT2D eigenvalue weighted by Gasteiger charge is -2.30. The summed E-state index contributed by atoms with van der Waals surface area (Å²) in [6.07, 6.45) is 4.66. The zero-order valence-electron chi connectivity index (χ0n) is 10.8. The van der Waals surface area contributed by atoms with E-state index in [-0.39, 0.29) is 0 Å². The third-order valence-electron chi connectivity index (χ3n) is 3.29. The molecule has 4 heteroatoms. The largest absolute Gasteiger partial charge is 0.314 e. The van der Waals surface area contributed by atoms with Gasteiger partial charge in [0.2, 0.25) is 0 Å². The summed E-state index contributed by atoms with van der Waals surface area (Å²) in [5, 5.41) is 3.57. The molecule has 94 valence electrons. The summed E-state index contributed by atoms with van der Waals surface area (Å²) in [6, 6.07) is 2.62. The van der Waals surface area contributed by atoms with E-state index in [9.17, 15) is 0 Å². The number of hydrogen-bond donors (Lipinski definition) is 1. The number of hydrogen-bond acceptors (Lipinski definition) is 4. The molecule has 2 heterocycles. The Labute approximate surface area is 103 Å². The van der Waals surface area contributed by atoms with Crippen LogP contribution in [0.25, 0.3) is 0 Å².